The summed E-state index contributed by atoms with van der Waals surface area (Å²) >= 11 is 0. The third-order valence-electron chi connectivity index (χ3n) is 2.89. The summed E-state index contributed by atoms with van der Waals surface area (Å²) in [4.78, 5) is 21.6. The van der Waals surface area contributed by atoms with Crippen molar-refractivity contribution in [2.45, 2.75) is 44.8 Å². The van der Waals surface area contributed by atoms with Crippen molar-refractivity contribution in [3.63, 3.8) is 0 Å². The van der Waals surface area contributed by atoms with Gasteiger partial charge in [-0.05, 0) is 18.8 Å². The van der Waals surface area contributed by atoms with Crippen LogP contribution in [0.3, 0.4) is 0 Å². The Kier molecular flexibility index (Phi) is 5.21. The van der Waals surface area contributed by atoms with Gasteiger partial charge in [-0.15, -0.1) is 0 Å². The van der Waals surface area contributed by atoms with Gasteiger partial charge in [0.2, 0.25) is 0 Å². The lowest BCUT2D eigenvalue weighted by atomic mass is 10.2. The smallest absolute Gasteiger partial charge is 0.332 e. The highest BCUT2D eigenvalue weighted by Crippen LogP contribution is 2.34. The number of carbonyl (C=O) groups excluding carboxylic acids is 1. The number of aliphatic hydroxyl groups excluding tert-OH is 1. The van der Waals surface area contributed by atoms with Gasteiger partial charge in [0.1, 0.15) is 0 Å². The number of aliphatic hydroxyl groups is 1. The fraction of sp³-hybridized carbons (Fsp3) is 0.818. The van der Waals surface area contributed by atoms with E-state index in [4.69, 9.17) is 10.2 Å². The van der Waals surface area contributed by atoms with E-state index >= 15 is 0 Å². The third-order valence-corrected chi connectivity index (χ3v) is 2.89. The maximum Gasteiger partial charge on any atom is 0.332 e. The standard InChI is InChI=1S/C11H20N2O4/c1-2-3-7-6-8(7)13-11(17)12-5-4-9(14)10(15)16/h7-9,14H,2-6H2,1H3,(H,15,16)(H2,12,13,17)/t7?,8?,9-/m0/s1. The lowest BCUT2D eigenvalue weighted by Gasteiger charge is -2.08. The van der Waals surface area contributed by atoms with E-state index < -0.39 is 12.1 Å². The molecule has 0 saturated heterocycles. The third kappa shape index (κ3) is 5.04. The molecule has 4 N–H and O–H groups in total. The Morgan fingerprint density at radius 3 is 2.76 bits per heavy atom. The quantitative estimate of drug-likeness (QED) is 0.518. The van der Waals surface area contributed by atoms with E-state index in [1.165, 1.54) is 0 Å². The SMILES string of the molecule is CCCC1CC1NC(=O)NCC[C@H](O)C(=O)O. The van der Waals surface area contributed by atoms with Crippen LogP contribution in [0.5, 0.6) is 0 Å². The van der Waals surface area contributed by atoms with Gasteiger partial charge >= 0.3 is 12.0 Å². The highest BCUT2D eigenvalue weighted by atomic mass is 16.4. The molecular formula is C11H20N2O4. The van der Waals surface area contributed by atoms with Crippen molar-refractivity contribution < 1.29 is 19.8 Å². The van der Waals surface area contributed by atoms with E-state index in [0.29, 0.717) is 5.92 Å². The minimum atomic E-state index is -1.41. The molecule has 1 fully saturated rings. The first-order valence-corrected chi connectivity index (χ1v) is 5.99. The van der Waals surface area contributed by atoms with Crippen molar-refractivity contribution in [1.82, 2.24) is 10.6 Å². The van der Waals surface area contributed by atoms with Crippen LogP contribution in [0.15, 0.2) is 0 Å². The number of urea groups is 1. The first-order chi connectivity index (χ1) is 8.04. The van der Waals surface area contributed by atoms with Gasteiger partial charge in [0.05, 0.1) is 0 Å². The Morgan fingerprint density at radius 1 is 1.47 bits per heavy atom. The van der Waals surface area contributed by atoms with Crippen LogP contribution >= 0.6 is 0 Å². The normalized spacial score (nSPS) is 23.9. The number of hydrogen-bond donors (Lipinski definition) is 4. The largest absolute Gasteiger partial charge is 0.479 e. The van der Waals surface area contributed by atoms with Crippen molar-refractivity contribution in [1.29, 1.82) is 0 Å². The first-order valence-electron chi connectivity index (χ1n) is 5.99. The van der Waals surface area contributed by atoms with Crippen LogP contribution in [0.4, 0.5) is 4.79 Å². The molecule has 0 radical (unpaired) electrons. The highest BCUT2D eigenvalue weighted by molar-refractivity contribution is 5.75. The van der Waals surface area contributed by atoms with E-state index in [-0.39, 0.29) is 25.0 Å². The molecule has 0 aromatic carbocycles. The van der Waals surface area contributed by atoms with Gasteiger partial charge < -0.3 is 20.8 Å². The highest BCUT2D eigenvalue weighted by Gasteiger charge is 2.37. The Morgan fingerprint density at radius 2 is 2.18 bits per heavy atom. The number of hydrogen-bond acceptors (Lipinski definition) is 3. The molecule has 0 heterocycles. The molecule has 6 heteroatoms. The average Bonchev–Trinajstić information content (AvgIpc) is 2.96. The van der Waals surface area contributed by atoms with Crippen molar-refractivity contribution in [3.05, 3.63) is 0 Å². The van der Waals surface area contributed by atoms with Crippen LogP contribution in [0.2, 0.25) is 0 Å². The van der Waals surface area contributed by atoms with Crippen molar-refractivity contribution in [3.8, 4) is 0 Å². The van der Waals surface area contributed by atoms with Crippen LogP contribution in [0.25, 0.3) is 0 Å². The maximum absolute atomic E-state index is 11.3. The Labute approximate surface area is 100 Å². The van der Waals surface area contributed by atoms with E-state index in [0.717, 1.165) is 19.3 Å². The molecule has 98 valence electrons. The summed E-state index contributed by atoms with van der Waals surface area (Å²) in [5, 5.41) is 22.7. The second kappa shape index (κ2) is 6.44. The molecule has 0 spiro atoms. The number of aliphatic carboxylic acids is 1. The fourth-order valence-electron chi connectivity index (χ4n) is 1.78. The van der Waals surface area contributed by atoms with Crippen LogP contribution in [-0.2, 0) is 4.79 Å². The number of carboxylic acid groups (broad SMARTS) is 1. The molecule has 1 rings (SSSR count). The van der Waals surface area contributed by atoms with E-state index in [1.54, 1.807) is 0 Å². The zero-order valence-electron chi connectivity index (χ0n) is 9.98. The van der Waals surface area contributed by atoms with Crippen LogP contribution in [0, 0.1) is 5.92 Å². The fourth-order valence-corrected chi connectivity index (χ4v) is 1.78. The molecule has 0 bridgehead atoms. The molecule has 2 unspecified atom stereocenters. The van der Waals surface area contributed by atoms with Gasteiger partial charge in [0.15, 0.2) is 6.10 Å². The number of nitrogens with one attached hydrogen (secondary N) is 2. The lowest BCUT2D eigenvalue weighted by molar-refractivity contribution is -0.146. The number of amides is 2. The molecule has 3 atom stereocenters. The van der Waals surface area contributed by atoms with Crippen LogP contribution in [-0.4, -0.2) is 40.9 Å². The average molecular weight is 244 g/mol. The van der Waals surface area contributed by atoms with Gasteiger partial charge in [-0.2, -0.15) is 0 Å². The van der Waals surface area contributed by atoms with E-state index in [1.807, 2.05) is 0 Å². The molecule has 1 saturated carbocycles. The lowest BCUT2D eigenvalue weighted by Crippen LogP contribution is -2.39. The minimum Gasteiger partial charge on any atom is -0.479 e. The summed E-state index contributed by atoms with van der Waals surface area (Å²) < 4.78 is 0. The summed E-state index contributed by atoms with van der Waals surface area (Å²) in [7, 11) is 0. The van der Waals surface area contributed by atoms with Gasteiger partial charge in [-0.3, -0.25) is 0 Å². The summed E-state index contributed by atoms with van der Waals surface area (Å²) in [6, 6.07) is -0.0226. The van der Waals surface area contributed by atoms with Crippen LogP contribution < -0.4 is 10.6 Å². The maximum atomic E-state index is 11.3. The molecule has 6 nitrogen and oxygen atoms in total. The zero-order chi connectivity index (χ0) is 12.8. The summed E-state index contributed by atoms with van der Waals surface area (Å²) in [6.45, 7) is 2.27. The second-order valence-electron chi connectivity index (χ2n) is 4.43. The molecule has 17 heavy (non-hydrogen) atoms. The molecular weight excluding hydrogens is 224 g/mol. The Hall–Kier alpha value is -1.30. The van der Waals surface area contributed by atoms with Gasteiger partial charge in [-0.25, -0.2) is 9.59 Å². The molecule has 1 aliphatic rings. The predicted octanol–water partition coefficient (Wildman–Crippen LogP) is 0.310. The second-order valence-corrected chi connectivity index (χ2v) is 4.43. The van der Waals surface area contributed by atoms with E-state index in [9.17, 15) is 9.59 Å². The minimum absolute atomic E-state index is 0.0197. The first kappa shape index (κ1) is 13.8. The zero-order valence-corrected chi connectivity index (χ0v) is 9.98. The Bertz CT molecular complexity index is 283. The van der Waals surface area contributed by atoms with Gasteiger partial charge in [0, 0.05) is 19.0 Å². The predicted molar refractivity (Wildman–Crippen MR) is 61.6 cm³/mol. The van der Waals surface area contributed by atoms with Crippen molar-refractivity contribution in [2.75, 3.05) is 6.54 Å². The molecule has 0 aromatic rings. The van der Waals surface area contributed by atoms with Crippen molar-refractivity contribution in [2.24, 2.45) is 5.92 Å². The number of rotatable bonds is 7. The monoisotopic (exact) mass is 244 g/mol. The molecule has 1 aliphatic carbocycles. The summed E-state index contributed by atoms with van der Waals surface area (Å²) in [5.74, 6) is -0.673. The number of carboxylic acids is 1. The number of carbonyl (C=O) groups is 2. The molecule has 0 aliphatic heterocycles. The Balaban J connectivity index is 2.05. The topological polar surface area (TPSA) is 98.7 Å². The van der Waals surface area contributed by atoms with E-state index in [2.05, 4.69) is 17.6 Å². The summed E-state index contributed by atoms with van der Waals surface area (Å²) in [5.41, 5.74) is 0. The molecule has 0 aromatic heterocycles. The molecule has 2 amide bonds. The van der Waals surface area contributed by atoms with Crippen molar-refractivity contribution >= 4 is 12.0 Å². The van der Waals surface area contributed by atoms with Gasteiger partial charge in [0.25, 0.3) is 0 Å². The van der Waals surface area contributed by atoms with Crippen LogP contribution in [0.1, 0.15) is 32.6 Å². The summed E-state index contributed by atoms with van der Waals surface area (Å²) in [6.07, 6.45) is 1.88. The van der Waals surface area contributed by atoms with Gasteiger partial charge in [-0.1, -0.05) is 13.3 Å².